The molecule has 0 fully saturated rings. The number of rotatable bonds is 5. The average molecular weight is 246 g/mol. The zero-order chi connectivity index (χ0) is 13.5. The van der Waals surface area contributed by atoms with Gasteiger partial charge in [-0.25, -0.2) is 0 Å². The Balaban J connectivity index is 2.90. The Morgan fingerprint density at radius 3 is 2.89 bits per heavy atom. The lowest BCUT2D eigenvalue weighted by Gasteiger charge is -2.14. The van der Waals surface area contributed by atoms with Crippen molar-refractivity contribution < 1.29 is 9.53 Å². The van der Waals surface area contributed by atoms with Crippen LogP contribution >= 0.6 is 0 Å². The van der Waals surface area contributed by atoms with E-state index in [0.717, 1.165) is 12.8 Å². The van der Waals surface area contributed by atoms with E-state index in [-0.39, 0.29) is 11.9 Å². The van der Waals surface area contributed by atoms with Crippen LogP contribution in [0, 0.1) is 12.3 Å². The fourth-order valence-electron chi connectivity index (χ4n) is 1.62. The lowest BCUT2D eigenvalue weighted by atomic mass is 10.1. The quantitative estimate of drug-likeness (QED) is 0.615. The largest absolute Gasteiger partial charge is 0.496 e. The van der Waals surface area contributed by atoms with Gasteiger partial charge in [-0.3, -0.25) is 4.79 Å². The highest BCUT2D eigenvalue weighted by Gasteiger charge is 2.15. The molecule has 1 atom stereocenters. The molecule has 0 aliphatic carbocycles. The number of anilines is 1. The van der Waals surface area contributed by atoms with E-state index in [1.165, 1.54) is 7.11 Å². The van der Waals surface area contributed by atoms with Crippen LogP contribution in [0.15, 0.2) is 18.2 Å². The molecule has 4 nitrogen and oxygen atoms in total. The number of nitrogens with two attached hydrogens (primary N) is 1. The molecule has 3 N–H and O–H groups in total. The molecular weight excluding hydrogens is 228 g/mol. The number of amides is 1. The first-order valence-corrected chi connectivity index (χ1v) is 5.82. The molecule has 96 valence electrons. The van der Waals surface area contributed by atoms with Gasteiger partial charge in [-0.15, -0.1) is 6.42 Å². The van der Waals surface area contributed by atoms with Crippen LogP contribution in [0.3, 0.4) is 0 Å². The van der Waals surface area contributed by atoms with Crippen molar-refractivity contribution in [2.45, 2.75) is 25.8 Å². The number of methoxy groups -OCH3 is 1. The summed E-state index contributed by atoms with van der Waals surface area (Å²) >= 11 is 0. The molecule has 0 saturated carbocycles. The van der Waals surface area contributed by atoms with E-state index in [9.17, 15) is 4.79 Å². The molecule has 0 aliphatic heterocycles. The summed E-state index contributed by atoms with van der Waals surface area (Å²) in [5.74, 6) is 2.76. The van der Waals surface area contributed by atoms with Crippen LogP contribution in [-0.2, 0) is 0 Å². The second-order valence-electron chi connectivity index (χ2n) is 3.94. The number of hydrogen-bond acceptors (Lipinski definition) is 3. The minimum absolute atomic E-state index is 0.268. The number of nitrogen functional groups attached to an aromatic ring is 1. The van der Waals surface area contributed by atoms with Gasteiger partial charge in [0.25, 0.3) is 5.91 Å². The van der Waals surface area contributed by atoms with Gasteiger partial charge in [0.1, 0.15) is 5.75 Å². The number of terminal acetylenes is 1. The third kappa shape index (κ3) is 3.42. The zero-order valence-corrected chi connectivity index (χ0v) is 10.7. The van der Waals surface area contributed by atoms with E-state index < -0.39 is 0 Å². The third-order valence-corrected chi connectivity index (χ3v) is 2.55. The number of benzene rings is 1. The molecule has 0 heterocycles. The Bertz CT molecular complexity index is 463. The summed E-state index contributed by atoms with van der Waals surface area (Å²) in [7, 11) is 1.51. The van der Waals surface area contributed by atoms with E-state index in [0.29, 0.717) is 17.0 Å². The van der Waals surface area contributed by atoms with Crippen molar-refractivity contribution in [3.63, 3.8) is 0 Å². The van der Waals surface area contributed by atoms with Crippen molar-refractivity contribution >= 4 is 11.6 Å². The Morgan fingerprint density at radius 2 is 2.33 bits per heavy atom. The van der Waals surface area contributed by atoms with Crippen LogP contribution in [0.2, 0.25) is 0 Å². The summed E-state index contributed by atoms with van der Waals surface area (Å²) in [5, 5.41) is 2.78. The molecule has 1 aromatic rings. The highest BCUT2D eigenvalue weighted by Crippen LogP contribution is 2.21. The van der Waals surface area contributed by atoms with Crippen LogP contribution in [-0.4, -0.2) is 19.1 Å². The average Bonchev–Trinajstić information content (AvgIpc) is 2.38. The minimum Gasteiger partial charge on any atom is -0.496 e. The maximum atomic E-state index is 12.1. The molecule has 0 bridgehead atoms. The first-order chi connectivity index (χ1) is 8.62. The van der Waals surface area contributed by atoms with Crippen LogP contribution < -0.4 is 15.8 Å². The van der Waals surface area contributed by atoms with Crippen LogP contribution in [0.25, 0.3) is 0 Å². The van der Waals surface area contributed by atoms with Crippen molar-refractivity contribution in [2.75, 3.05) is 12.8 Å². The van der Waals surface area contributed by atoms with Gasteiger partial charge < -0.3 is 15.8 Å². The molecule has 0 aromatic heterocycles. The van der Waals surface area contributed by atoms with Gasteiger partial charge in [0.2, 0.25) is 0 Å². The van der Waals surface area contributed by atoms with Gasteiger partial charge in [-0.2, -0.15) is 0 Å². The highest BCUT2D eigenvalue weighted by atomic mass is 16.5. The first kappa shape index (κ1) is 13.9. The smallest absolute Gasteiger partial charge is 0.256 e. The summed E-state index contributed by atoms with van der Waals surface area (Å²) in [5.41, 5.74) is 6.57. The second-order valence-corrected chi connectivity index (χ2v) is 3.94. The lowest BCUT2D eigenvalue weighted by molar-refractivity contribution is 0.0941. The zero-order valence-electron chi connectivity index (χ0n) is 10.7. The van der Waals surface area contributed by atoms with Gasteiger partial charge in [0.05, 0.1) is 18.7 Å². The third-order valence-electron chi connectivity index (χ3n) is 2.55. The molecule has 18 heavy (non-hydrogen) atoms. The summed E-state index contributed by atoms with van der Waals surface area (Å²) < 4.78 is 5.13. The maximum Gasteiger partial charge on any atom is 0.256 e. The molecule has 1 amide bonds. The molecule has 1 rings (SSSR count). The van der Waals surface area contributed by atoms with Crippen molar-refractivity contribution in [3.8, 4) is 18.1 Å². The van der Waals surface area contributed by atoms with Crippen molar-refractivity contribution in [1.82, 2.24) is 5.32 Å². The van der Waals surface area contributed by atoms with E-state index in [1.807, 2.05) is 6.92 Å². The standard InChI is InChI=1S/C14H18N2O2/c1-4-6-11(5-2)16-14(17)12-9-10(15)7-8-13(12)18-3/h2,7-9,11H,4,6,15H2,1,3H3,(H,16,17). The van der Waals surface area contributed by atoms with Crippen molar-refractivity contribution in [3.05, 3.63) is 23.8 Å². The van der Waals surface area contributed by atoms with Gasteiger partial charge in [-0.1, -0.05) is 19.3 Å². The van der Waals surface area contributed by atoms with E-state index in [4.69, 9.17) is 16.9 Å². The van der Waals surface area contributed by atoms with Gasteiger partial charge in [-0.05, 0) is 24.6 Å². The Kier molecular flexibility index (Phi) is 5.06. The number of ether oxygens (including phenoxy) is 1. The number of hydrogen-bond donors (Lipinski definition) is 2. The van der Waals surface area contributed by atoms with E-state index in [1.54, 1.807) is 18.2 Å². The Morgan fingerprint density at radius 1 is 1.61 bits per heavy atom. The van der Waals surface area contributed by atoms with Gasteiger partial charge in [0, 0.05) is 5.69 Å². The van der Waals surface area contributed by atoms with Gasteiger partial charge in [0.15, 0.2) is 0 Å². The molecule has 4 heteroatoms. The molecule has 0 saturated heterocycles. The molecule has 0 spiro atoms. The predicted molar refractivity (Wildman–Crippen MR) is 72.4 cm³/mol. The number of carbonyl (C=O) groups is 1. The first-order valence-electron chi connectivity index (χ1n) is 5.82. The minimum atomic E-state index is -0.270. The predicted octanol–water partition coefficient (Wildman–Crippen LogP) is 1.81. The molecule has 1 aromatic carbocycles. The van der Waals surface area contributed by atoms with Crippen LogP contribution in [0.1, 0.15) is 30.1 Å². The summed E-state index contributed by atoms with van der Waals surface area (Å²) in [6.45, 7) is 2.01. The molecule has 1 unspecified atom stereocenters. The lowest BCUT2D eigenvalue weighted by Crippen LogP contribution is -2.33. The molecule has 0 aliphatic rings. The fourth-order valence-corrected chi connectivity index (χ4v) is 1.62. The molecular formula is C14H18N2O2. The van der Waals surface area contributed by atoms with E-state index >= 15 is 0 Å². The van der Waals surface area contributed by atoms with Gasteiger partial charge >= 0.3 is 0 Å². The fraction of sp³-hybridized carbons (Fsp3) is 0.357. The van der Waals surface area contributed by atoms with Crippen molar-refractivity contribution in [2.24, 2.45) is 0 Å². The molecule has 0 radical (unpaired) electrons. The number of carbonyl (C=O) groups excluding carboxylic acids is 1. The van der Waals surface area contributed by atoms with E-state index in [2.05, 4.69) is 11.2 Å². The van der Waals surface area contributed by atoms with Crippen LogP contribution in [0.4, 0.5) is 5.69 Å². The SMILES string of the molecule is C#CC(CCC)NC(=O)c1cc(N)ccc1OC. The Labute approximate surface area is 108 Å². The topological polar surface area (TPSA) is 64.4 Å². The van der Waals surface area contributed by atoms with Crippen LogP contribution in [0.5, 0.6) is 5.75 Å². The highest BCUT2D eigenvalue weighted by molar-refractivity contribution is 5.98. The summed E-state index contributed by atoms with van der Waals surface area (Å²) in [6.07, 6.45) is 7.01. The maximum absolute atomic E-state index is 12.1. The second kappa shape index (κ2) is 6.55. The Hall–Kier alpha value is -2.15. The summed E-state index contributed by atoms with van der Waals surface area (Å²) in [6, 6.07) is 4.65. The summed E-state index contributed by atoms with van der Waals surface area (Å²) in [4.78, 5) is 12.1. The normalized spacial score (nSPS) is 11.4. The number of nitrogens with one attached hydrogen (secondary N) is 1. The monoisotopic (exact) mass is 246 g/mol. The van der Waals surface area contributed by atoms with Crippen molar-refractivity contribution in [1.29, 1.82) is 0 Å².